The Morgan fingerprint density at radius 3 is 2.47 bits per heavy atom. The Bertz CT molecular complexity index is 344. The van der Waals surface area contributed by atoms with Gasteiger partial charge < -0.3 is 4.57 Å². The van der Waals surface area contributed by atoms with E-state index in [1.165, 1.54) is 25.7 Å². The molecule has 0 amide bonds. The van der Waals surface area contributed by atoms with Crippen LogP contribution in [0.3, 0.4) is 0 Å². The molecule has 0 atom stereocenters. The molecule has 0 saturated heterocycles. The molecule has 4 heteroatoms. The van der Waals surface area contributed by atoms with Crippen molar-refractivity contribution in [1.29, 1.82) is 0 Å². The summed E-state index contributed by atoms with van der Waals surface area (Å²) < 4.78 is 2.05. The highest BCUT2D eigenvalue weighted by Gasteiger charge is 2.21. The van der Waals surface area contributed by atoms with E-state index in [1.54, 1.807) is 0 Å². The van der Waals surface area contributed by atoms with Crippen LogP contribution in [0.25, 0.3) is 0 Å². The molecular formula is C13H24ClN3. The quantitative estimate of drug-likeness (QED) is 0.689. The summed E-state index contributed by atoms with van der Waals surface area (Å²) in [6, 6.07) is 0. The van der Waals surface area contributed by atoms with Gasteiger partial charge in [0.05, 0.1) is 0 Å². The Hall–Kier alpha value is -0.570. The van der Waals surface area contributed by atoms with Crippen LogP contribution in [0.2, 0.25) is 5.28 Å². The van der Waals surface area contributed by atoms with Crippen LogP contribution < -0.4 is 0 Å². The SMILES string of the molecule is CCCCCC(C)(C)Cn1c(Cl)nnc1CC. The van der Waals surface area contributed by atoms with E-state index in [-0.39, 0.29) is 5.41 Å². The zero-order chi connectivity index (χ0) is 12.9. The Labute approximate surface area is 110 Å². The molecule has 0 aliphatic heterocycles. The van der Waals surface area contributed by atoms with Gasteiger partial charge in [-0.05, 0) is 23.4 Å². The van der Waals surface area contributed by atoms with E-state index in [4.69, 9.17) is 11.6 Å². The fourth-order valence-corrected chi connectivity index (χ4v) is 2.29. The van der Waals surface area contributed by atoms with Crippen molar-refractivity contribution in [1.82, 2.24) is 14.8 Å². The van der Waals surface area contributed by atoms with Gasteiger partial charge >= 0.3 is 0 Å². The van der Waals surface area contributed by atoms with Crippen LogP contribution in [-0.2, 0) is 13.0 Å². The minimum Gasteiger partial charge on any atom is -0.301 e. The predicted molar refractivity (Wildman–Crippen MR) is 72.3 cm³/mol. The van der Waals surface area contributed by atoms with E-state index < -0.39 is 0 Å². The second kappa shape index (κ2) is 6.39. The summed E-state index contributed by atoms with van der Waals surface area (Å²) in [5.41, 5.74) is 0.255. The Balaban J connectivity index is 2.64. The average molecular weight is 258 g/mol. The van der Waals surface area contributed by atoms with Crippen LogP contribution in [0, 0.1) is 5.41 Å². The highest BCUT2D eigenvalue weighted by atomic mass is 35.5. The Kier molecular flexibility index (Phi) is 5.44. The minimum absolute atomic E-state index is 0.255. The minimum atomic E-state index is 0.255. The van der Waals surface area contributed by atoms with Crippen molar-refractivity contribution in [3.05, 3.63) is 11.1 Å². The number of unbranched alkanes of at least 4 members (excludes halogenated alkanes) is 2. The smallest absolute Gasteiger partial charge is 0.225 e. The first kappa shape index (κ1) is 14.5. The van der Waals surface area contributed by atoms with Gasteiger partial charge in [0.1, 0.15) is 5.82 Å². The molecule has 1 aromatic rings. The van der Waals surface area contributed by atoms with Crippen molar-refractivity contribution in [2.75, 3.05) is 0 Å². The zero-order valence-corrected chi connectivity index (χ0v) is 12.2. The summed E-state index contributed by atoms with van der Waals surface area (Å²) in [4.78, 5) is 0. The van der Waals surface area contributed by atoms with Crippen LogP contribution in [0.4, 0.5) is 0 Å². The predicted octanol–water partition coefficient (Wildman–Crippen LogP) is 4.10. The van der Waals surface area contributed by atoms with Crippen LogP contribution in [0.15, 0.2) is 0 Å². The Morgan fingerprint density at radius 1 is 1.18 bits per heavy atom. The number of halogens is 1. The van der Waals surface area contributed by atoms with Crippen LogP contribution in [0.5, 0.6) is 0 Å². The third-order valence-electron chi connectivity index (χ3n) is 3.14. The number of hydrogen-bond donors (Lipinski definition) is 0. The van der Waals surface area contributed by atoms with Crippen molar-refractivity contribution in [2.24, 2.45) is 5.41 Å². The molecule has 1 aromatic heterocycles. The molecule has 0 N–H and O–H groups in total. The van der Waals surface area contributed by atoms with Gasteiger partial charge in [-0.15, -0.1) is 10.2 Å². The standard InChI is InChI=1S/C13H24ClN3/c1-5-7-8-9-13(3,4)10-17-11(6-2)15-16-12(17)14/h5-10H2,1-4H3. The number of hydrogen-bond acceptors (Lipinski definition) is 2. The molecule has 1 heterocycles. The van der Waals surface area contributed by atoms with Crippen molar-refractivity contribution < 1.29 is 0 Å². The average Bonchev–Trinajstić information content (AvgIpc) is 2.60. The van der Waals surface area contributed by atoms with E-state index in [9.17, 15) is 0 Å². The van der Waals surface area contributed by atoms with E-state index >= 15 is 0 Å². The van der Waals surface area contributed by atoms with E-state index in [0.717, 1.165) is 18.8 Å². The number of nitrogens with zero attached hydrogens (tertiary/aromatic N) is 3. The summed E-state index contributed by atoms with van der Waals surface area (Å²) in [6.45, 7) is 9.81. The molecular weight excluding hydrogens is 234 g/mol. The van der Waals surface area contributed by atoms with Gasteiger partial charge in [-0.3, -0.25) is 0 Å². The lowest BCUT2D eigenvalue weighted by atomic mass is 9.87. The Morgan fingerprint density at radius 2 is 1.88 bits per heavy atom. The largest absolute Gasteiger partial charge is 0.301 e. The summed E-state index contributed by atoms with van der Waals surface area (Å²) in [7, 11) is 0. The maximum absolute atomic E-state index is 6.08. The molecule has 0 saturated carbocycles. The molecule has 0 aliphatic rings. The molecule has 0 aliphatic carbocycles. The normalized spacial score (nSPS) is 12.1. The lowest BCUT2D eigenvalue weighted by Gasteiger charge is -2.26. The van der Waals surface area contributed by atoms with Crippen molar-refractivity contribution in [3.8, 4) is 0 Å². The third-order valence-corrected chi connectivity index (χ3v) is 3.42. The molecule has 3 nitrogen and oxygen atoms in total. The highest BCUT2D eigenvalue weighted by molar-refractivity contribution is 6.28. The molecule has 0 radical (unpaired) electrons. The second-order valence-corrected chi connectivity index (χ2v) is 5.78. The molecule has 0 aromatic carbocycles. The van der Waals surface area contributed by atoms with Gasteiger partial charge in [0.15, 0.2) is 0 Å². The van der Waals surface area contributed by atoms with Gasteiger partial charge in [0, 0.05) is 13.0 Å². The van der Waals surface area contributed by atoms with Gasteiger partial charge in [-0.2, -0.15) is 0 Å². The fraction of sp³-hybridized carbons (Fsp3) is 0.846. The van der Waals surface area contributed by atoms with E-state index in [1.807, 2.05) is 4.57 Å². The molecule has 0 spiro atoms. The molecule has 17 heavy (non-hydrogen) atoms. The number of aromatic nitrogens is 3. The molecule has 98 valence electrons. The first-order chi connectivity index (χ1) is 8.00. The van der Waals surface area contributed by atoms with Crippen LogP contribution in [0.1, 0.15) is 59.2 Å². The third kappa shape index (κ3) is 4.30. The van der Waals surface area contributed by atoms with Crippen LogP contribution >= 0.6 is 11.6 Å². The highest BCUT2D eigenvalue weighted by Crippen LogP contribution is 2.27. The molecule has 1 rings (SSSR count). The first-order valence-electron chi connectivity index (χ1n) is 6.57. The first-order valence-corrected chi connectivity index (χ1v) is 6.95. The van der Waals surface area contributed by atoms with Crippen LogP contribution in [-0.4, -0.2) is 14.8 Å². The summed E-state index contributed by atoms with van der Waals surface area (Å²) in [5, 5.41) is 8.56. The van der Waals surface area contributed by atoms with Gasteiger partial charge in [-0.1, -0.05) is 47.0 Å². The lowest BCUT2D eigenvalue weighted by Crippen LogP contribution is -2.21. The molecule has 0 unspecified atom stereocenters. The maximum atomic E-state index is 6.08. The summed E-state index contributed by atoms with van der Waals surface area (Å²) in [5.74, 6) is 0.985. The van der Waals surface area contributed by atoms with Gasteiger partial charge in [-0.25, -0.2) is 0 Å². The van der Waals surface area contributed by atoms with Crippen molar-refractivity contribution >= 4 is 11.6 Å². The molecule has 0 fully saturated rings. The zero-order valence-electron chi connectivity index (χ0n) is 11.5. The second-order valence-electron chi connectivity index (χ2n) is 5.45. The fourth-order valence-electron chi connectivity index (χ4n) is 2.09. The maximum Gasteiger partial charge on any atom is 0.225 e. The molecule has 0 bridgehead atoms. The monoisotopic (exact) mass is 257 g/mol. The van der Waals surface area contributed by atoms with E-state index in [0.29, 0.717) is 5.28 Å². The number of aryl methyl sites for hydroxylation is 1. The van der Waals surface area contributed by atoms with Crippen molar-refractivity contribution in [2.45, 2.75) is 66.3 Å². The summed E-state index contributed by atoms with van der Waals surface area (Å²) in [6.07, 6.45) is 5.96. The summed E-state index contributed by atoms with van der Waals surface area (Å²) >= 11 is 6.08. The number of rotatable bonds is 7. The van der Waals surface area contributed by atoms with Crippen molar-refractivity contribution in [3.63, 3.8) is 0 Å². The van der Waals surface area contributed by atoms with Gasteiger partial charge in [0.2, 0.25) is 5.28 Å². The van der Waals surface area contributed by atoms with E-state index in [2.05, 4.69) is 37.9 Å². The lowest BCUT2D eigenvalue weighted by molar-refractivity contribution is 0.268. The topological polar surface area (TPSA) is 30.7 Å². The van der Waals surface area contributed by atoms with Gasteiger partial charge in [0.25, 0.3) is 0 Å².